The van der Waals surface area contributed by atoms with Crippen molar-refractivity contribution in [1.29, 1.82) is 0 Å². The number of hydrogen-bond acceptors (Lipinski definition) is 2. The van der Waals surface area contributed by atoms with Crippen LogP contribution in [0.5, 0.6) is 0 Å². The lowest BCUT2D eigenvalue weighted by molar-refractivity contribution is 0.373. The van der Waals surface area contributed by atoms with E-state index in [1.807, 2.05) is 0 Å². The van der Waals surface area contributed by atoms with Crippen molar-refractivity contribution in [3.8, 4) is 0 Å². The highest BCUT2D eigenvalue weighted by Crippen LogP contribution is 2.22. The summed E-state index contributed by atoms with van der Waals surface area (Å²) in [7, 11) is -2.83. The second-order valence-corrected chi connectivity index (χ2v) is 3.34. The van der Waals surface area contributed by atoms with Crippen LogP contribution in [0.15, 0.2) is 11.2 Å². The molecular formula is C6H14BrO3P. The van der Waals surface area contributed by atoms with E-state index in [9.17, 15) is 4.57 Å². The molecule has 0 fully saturated rings. The topological polar surface area (TPSA) is 46.5 Å². The van der Waals surface area contributed by atoms with Crippen molar-refractivity contribution in [2.75, 3.05) is 0 Å². The SMILES string of the molecule is C=C(Br)O[PH](=O)O.CCCC. The van der Waals surface area contributed by atoms with Gasteiger partial charge in [-0.25, -0.2) is 4.57 Å². The van der Waals surface area contributed by atoms with Crippen LogP contribution in [0.1, 0.15) is 26.7 Å². The monoisotopic (exact) mass is 244 g/mol. The molecule has 1 unspecified atom stereocenters. The third-order valence-electron chi connectivity index (χ3n) is 0.698. The van der Waals surface area contributed by atoms with Crippen molar-refractivity contribution in [3.05, 3.63) is 11.2 Å². The molecule has 1 N–H and O–H groups in total. The molecule has 0 aliphatic rings. The molecule has 1 atom stereocenters. The lowest BCUT2D eigenvalue weighted by atomic mass is 10.4. The molecule has 5 heteroatoms. The number of unbranched alkanes of at least 4 members (excludes halogenated alkanes) is 1. The summed E-state index contributed by atoms with van der Waals surface area (Å²) in [5.74, 6) is 0. The molecule has 0 saturated carbocycles. The minimum atomic E-state index is -2.83. The van der Waals surface area contributed by atoms with E-state index in [0.29, 0.717) is 0 Å². The van der Waals surface area contributed by atoms with Gasteiger partial charge in [0, 0.05) is 0 Å². The molecule has 0 radical (unpaired) electrons. The van der Waals surface area contributed by atoms with Gasteiger partial charge in [-0.2, -0.15) is 0 Å². The van der Waals surface area contributed by atoms with Crippen molar-refractivity contribution in [3.63, 3.8) is 0 Å². The van der Waals surface area contributed by atoms with Gasteiger partial charge in [0.05, 0.1) is 0 Å². The smallest absolute Gasteiger partial charge is 0.365 e. The van der Waals surface area contributed by atoms with Gasteiger partial charge < -0.3 is 9.42 Å². The second-order valence-electron chi connectivity index (χ2n) is 1.72. The molecule has 0 aromatic rings. The Hall–Kier alpha value is 0.210. The van der Waals surface area contributed by atoms with E-state index < -0.39 is 8.25 Å². The summed E-state index contributed by atoms with van der Waals surface area (Å²) in [6, 6.07) is 0. The standard InChI is InChI=1S/C4H10.C2H4BrO3P/c1-3-4-2;1-2(3)6-7(4)5/h3-4H2,1-2H3;7H,1H2,(H,4,5). The molecule has 0 rings (SSSR count). The molecule has 0 heterocycles. The van der Waals surface area contributed by atoms with Gasteiger partial charge in [0.25, 0.3) is 0 Å². The van der Waals surface area contributed by atoms with Crippen molar-refractivity contribution < 1.29 is 14.0 Å². The van der Waals surface area contributed by atoms with Gasteiger partial charge in [0.15, 0.2) is 4.67 Å². The lowest BCUT2D eigenvalue weighted by Gasteiger charge is -1.92. The van der Waals surface area contributed by atoms with Crippen molar-refractivity contribution >= 4 is 24.2 Å². The van der Waals surface area contributed by atoms with Gasteiger partial charge in [0.1, 0.15) is 0 Å². The van der Waals surface area contributed by atoms with Crippen LogP contribution in [-0.4, -0.2) is 4.89 Å². The Bertz CT molecular complexity index is 113. The van der Waals surface area contributed by atoms with E-state index in [-0.39, 0.29) is 4.67 Å². The largest absolute Gasteiger partial charge is 0.419 e. The van der Waals surface area contributed by atoms with Crippen LogP contribution in [-0.2, 0) is 9.09 Å². The van der Waals surface area contributed by atoms with Crippen LogP contribution in [0.4, 0.5) is 0 Å². The Morgan fingerprint density at radius 1 is 1.64 bits per heavy atom. The number of rotatable bonds is 3. The quantitative estimate of drug-likeness (QED) is 0.613. The summed E-state index contributed by atoms with van der Waals surface area (Å²) < 4.78 is 13.8. The maximum Gasteiger partial charge on any atom is 0.365 e. The van der Waals surface area contributed by atoms with Crippen LogP contribution < -0.4 is 0 Å². The Labute approximate surface area is 76.5 Å². The van der Waals surface area contributed by atoms with Crippen molar-refractivity contribution in [1.82, 2.24) is 0 Å². The fourth-order valence-electron chi connectivity index (χ4n) is 0.0947. The highest BCUT2D eigenvalue weighted by Gasteiger charge is 1.88. The molecule has 0 amide bonds. The summed E-state index contributed by atoms with van der Waals surface area (Å²) >= 11 is 2.72. The van der Waals surface area contributed by atoms with Crippen LogP contribution in [0.3, 0.4) is 0 Å². The lowest BCUT2D eigenvalue weighted by Crippen LogP contribution is -1.65. The first-order valence-corrected chi connectivity index (χ1v) is 5.35. The molecule has 3 nitrogen and oxygen atoms in total. The first-order chi connectivity index (χ1) is 5.04. The average molecular weight is 245 g/mol. The maximum atomic E-state index is 9.68. The summed E-state index contributed by atoms with van der Waals surface area (Å²) in [6.45, 7) is 7.52. The maximum absolute atomic E-state index is 9.68. The Kier molecular flexibility index (Phi) is 12.8. The molecule has 0 aromatic heterocycles. The minimum Gasteiger partial charge on any atom is -0.419 e. The minimum absolute atomic E-state index is 0.0823. The molecule has 0 aromatic carbocycles. The molecule has 0 aliphatic heterocycles. The number of hydrogen-bond donors (Lipinski definition) is 1. The third-order valence-corrected chi connectivity index (χ3v) is 1.58. The van der Waals surface area contributed by atoms with Crippen molar-refractivity contribution in [2.45, 2.75) is 26.7 Å². The van der Waals surface area contributed by atoms with Crippen molar-refractivity contribution in [2.24, 2.45) is 0 Å². The molecule has 0 saturated heterocycles. The fraction of sp³-hybridized carbons (Fsp3) is 0.667. The highest BCUT2D eigenvalue weighted by atomic mass is 79.9. The Morgan fingerprint density at radius 3 is 2.00 bits per heavy atom. The molecular weight excluding hydrogens is 231 g/mol. The zero-order valence-electron chi connectivity index (χ0n) is 6.76. The first kappa shape index (κ1) is 13.8. The number of halogens is 1. The second kappa shape index (κ2) is 10.2. The normalized spacial score (nSPS) is 10.9. The molecule has 0 aliphatic carbocycles. The summed E-state index contributed by atoms with van der Waals surface area (Å²) in [5.41, 5.74) is 0. The first-order valence-electron chi connectivity index (χ1n) is 3.29. The van der Waals surface area contributed by atoms with Gasteiger partial charge in [-0.3, -0.25) is 0 Å². The molecule has 68 valence electrons. The third kappa shape index (κ3) is 25.4. The van der Waals surface area contributed by atoms with E-state index in [0.717, 1.165) is 0 Å². The zero-order valence-corrected chi connectivity index (χ0v) is 9.35. The Morgan fingerprint density at radius 2 is 2.00 bits per heavy atom. The van der Waals surface area contributed by atoms with Gasteiger partial charge in [0.2, 0.25) is 0 Å². The summed E-state index contributed by atoms with van der Waals surface area (Å²) in [6.07, 6.45) is 2.64. The van der Waals surface area contributed by atoms with Gasteiger partial charge in [-0.1, -0.05) is 26.7 Å². The molecule has 0 spiro atoms. The Balaban J connectivity index is 0. The van der Waals surface area contributed by atoms with Gasteiger partial charge in [-0.05, 0) is 22.5 Å². The predicted octanol–water partition coefficient (Wildman–Crippen LogP) is 3.06. The van der Waals surface area contributed by atoms with E-state index in [4.69, 9.17) is 4.89 Å². The highest BCUT2D eigenvalue weighted by molar-refractivity contribution is 9.11. The van der Waals surface area contributed by atoms with E-state index in [1.54, 1.807) is 0 Å². The molecule has 11 heavy (non-hydrogen) atoms. The predicted molar refractivity (Wildman–Crippen MR) is 51.0 cm³/mol. The van der Waals surface area contributed by atoms with E-state index >= 15 is 0 Å². The summed E-state index contributed by atoms with van der Waals surface area (Å²) in [5, 5.41) is 0. The van der Waals surface area contributed by atoms with Crippen LogP contribution in [0, 0.1) is 0 Å². The zero-order chi connectivity index (χ0) is 9.28. The average Bonchev–Trinajstić information content (AvgIpc) is 1.85. The van der Waals surface area contributed by atoms with Gasteiger partial charge in [-0.15, -0.1) is 0 Å². The van der Waals surface area contributed by atoms with Crippen LogP contribution in [0.2, 0.25) is 0 Å². The van der Waals surface area contributed by atoms with E-state index in [2.05, 4.69) is 40.9 Å². The van der Waals surface area contributed by atoms with Gasteiger partial charge >= 0.3 is 8.25 Å². The fourth-order valence-corrected chi connectivity index (χ4v) is 0.700. The van der Waals surface area contributed by atoms with E-state index in [1.165, 1.54) is 12.8 Å². The van der Waals surface area contributed by atoms with Crippen LogP contribution >= 0.6 is 24.2 Å². The summed E-state index contributed by atoms with van der Waals surface area (Å²) in [4.78, 5) is 7.96. The van der Waals surface area contributed by atoms with Crippen LogP contribution in [0.25, 0.3) is 0 Å². The molecule has 0 bridgehead atoms.